The van der Waals surface area contributed by atoms with Gasteiger partial charge >= 0.3 is 6.03 Å². The fourth-order valence-electron chi connectivity index (χ4n) is 2.44. The number of piperazine rings is 1. The minimum Gasteiger partial charge on any atom is -0.335 e. The number of benzene rings is 1. The van der Waals surface area contributed by atoms with Crippen molar-refractivity contribution in [2.45, 2.75) is 13.8 Å². The summed E-state index contributed by atoms with van der Waals surface area (Å²) in [5.41, 5.74) is 3.04. The van der Waals surface area contributed by atoms with E-state index in [-0.39, 0.29) is 11.9 Å². The summed E-state index contributed by atoms with van der Waals surface area (Å²) in [5.74, 6) is 0.0510. The molecule has 1 aromatic carbocycles. The second-order valence-corrected chi connectivity index (χ2v) is 5.76. The van der Waals surface area contributed by atoms with Gasteiger partial charge in [-0.25, -0.2) is 4.79 Å². The molecule has 0 radical (unpaired) electrons. The third kappa shape index (κ3) is 3.35. The molecule has 0 atom stereocenters. The van der Waals surface area contributed by atoms with Crippen molar-refractivity contribution in [3.05, 3.63) is 34.9 Å². The summed E-state index contributed by atoms with van der Waals surface area (Å²) in [6, 6.07) is 5.80. The highest BCUT2D eigenvalue weighted by Crippen LogP contribution is 2.14. The van der Waals surface area contributed by atoms with Crippen LogP contribution >= 0.6 is 0 Å². The first-order valence-electron chi connectivity index (χ1n) is 7.23. The van der Waals surface area contributed by atoms with E-state index in [1.165, 1.54) is 5.56 Å². The third-order valence-corrected chi connectivity index (χ3v) is 3.97. The molecule has 21 heavy (non-hydrogen) atoms. The second kappa shape index (κ2) is 6.16. The van der Waals surface area contributed by atoms with Gasteiger partial charge in [0.25, 0.3) is 5.91 Å². The number of aryl methyl sites for hydroxylation is 2. The Morgan fingerprint density at radius 1 is 0.952 bits per heavy atom. The van der Waals surface area contributed by atoms with Crippen LogP contribution in [0.5, 0.6) is 0 Å². The van der Waals surface area contributed by atoms with Gasteiger partial charge in [0.2, 0.25) is 0 Å². The number of rotatable bonds is 1. The lowest BCUT2D eigenvalue weighted by atomic mass is 10.1. The normalized spacial score (nSPS) is 15.0. The smallest absolute Gasteiger partial charge is 0.319 e. The van der Waals surface area contributed by atoms with Crippen molar-refractivity contribution in [1.29, 1.82) is 0 Å². The molecule has 114 valence electrons. The first-order chi connectivity index (χ1) is 9.90. The molecular formula is C16H23N3O2. The predicted molar refractivity (Wildman–Crippen MR) is 82.5 cm³/mol. The van der Waals surface area contributed by atoms with Gasteiger partial charge < -0.3 is 14.7 Å². The maximum atomic E-state index is 12.5. The summed E-state index contributed by atoms with van der Waals surface area (Å²) < 4.78 is 0. The molecule has 0 aliphatic carbocycles. The summed E-state index contributed by atoms with van der Waals surface area (Å²) in [6.45, 7) is 6.41. The van der Waals surface area contributed by atoms with Crippen LogP contribution in [0.15, 0.2) is 18.2 Å². The van der Waals surface area contributed by atoms with Gasteiger partial charge in [-0.2, -0.15) is 0 Å². The van der Waals surface area contributed by atoms with Crippen molar-refractivity contribution in [2.75, 3.05) is 40.3 Å². The zero-order chi connectivity index (χ0) is 15.6. The number of carbonyl (C=O) groups is 2. The zero-order valence-electron chi connectivity index (χ0n) is 13.2. The molecule has 1 aliphatic rings. The first-order valence-corrected chi connectivity index (χ1v) is 7.23. The van der Waals surface area contributed by atoms with Crippen molar-refractivity contribution in [2.24, 2.45) is 0 Å². The third-order valence-electron chi connectivity index (χ3n) is 3.97. The van der Waals surface area contributed by atoms with E-state index < -0.39 is 0 Å². The van der Waals surface area contributed by atoms with Gasteiger partial charge in [0.15, 0.2) is 0 Å². The Kier molecular flexibility index (Phi) is 4.50. The molecule has 1 saturated heterocycles. The van der Waals surface area contributed by atoms with Crippen molar-refractivity contribution in [1.82, 2.24) is 14.7 Å². The van der Waals surface area contributed by atoms with E-state index >= 15 is 0 Å². The summed E-state index contributed by atoms with van der Waals surface area (Å²) in [5, 5.41) is 0. The van der Waals surface area contributed by atoms with Crippen LogP contribution in [-0.4, -0.2) is 66.9 Å². The van der Waals surface area contributed by atoms with Gasteiger partial charge in [-0.3, -0.25) is 4.79 Å². The monoisotopic (exact) mass is 289 g/mol. The number of amides is 3. The lowest BCUT2D eigenvalue weighted by Gasteiger charge is -2.36. The average molecular weight is 289 g/mol. The molecule has 5 nitrogen and oxygen atoms in total. The largest absolute Gasteiger partial charge is 0.335 e. The lowest BCUT2D eigenvalue weighted by molar-refractivity contribution is 0.0650. The Hall–Kier alpha value is -2.04. The Balaban J connectivity index is 2.00. The molecule has 0 bridgehead atoms. The van der Waals surface area contributed by atoms with Crippen molar-refractivity contribution in [3.63, 3.8) is 0 Å². The SMILES string of the molecule is Cc1ccc(C(=O)N2CCN(C(=O)N(C)C)CC2)cc1C. The summed E-state index contributed by atoms with van der Waals surface area (Å²) >= 11 is 0. The summed E-state index contributed by atoms with van der Waals surface area (Å²) in [6.07, 6.45) is 0. The van der Waals surface area contributed by atoms with E-state index in [4.69, 9.17) is 0 Å². The van der Waals surface area contributed by atoms with Gasteiger partial charge in [0, 0.05) is 45.8 Å². The van der Waals surface area contributed by atoms with Gasteiger partial charge in [-0.15, -0.1) is 0 Å². The van der Waals surface area contributed by atoms with Gasteiger partial charge in [-0.05, 0) is 37.1 Å². The van der Waals surface area contributed by atoms with Gasteiger partial charge in [0.1, 0.15) is 0 Å². The fraction of sp³-hybridized carbons (Fsp3) is 0.500. The molecule has 0 saturated carbocycles. The minimum absolute atomic E-state index is 0.00767. The van der Waals surface area contributed by atoms with Crippen LogP contribution in [-0.2, 0) is 0 Å². The van der Waals surface area contributed by atoms with Crippen LogP contribution in [0.4, 0.5) is 4.79 Å². The molecule has 1 heterocycles. The number of nitrogens with zero attached hydrogens (tertiary/aromatic N) is 3. The van der Waals surface area contributed by atoms with Gasteiger partial charge in [0.05, 0.1) is 0 Å². The highest BCUT2D eigenvalue weighted by atomic mass is 16.2. The number of carbonyl (C=O) groups excluding carboxylic acids is 2. The summed E-state index contributed by atoms with van der Waals surface area (Å²) in [7, 11) is 3.49. The fourth-order valence-corrected chi connectivity index (χ4v) is 2.44. The van der Waals surface area contributed by atoms with E-state index in [0.717, 1.165) is 11.1 Å². The molecule has 0 N–H and O–H groups in total. The van der Waals surface area contributed by atoms with Crippen LogP contribution in [0.3, 0.4) is 0 Å². The lowest BCUT2D eigenvalue weighted by Crippen LogP contribution is -2.52. The quantitative estimate of drug-likeness (QED) is 0.790. The number of hydrogen-bond acceptors (Lipinski definition) is 2. The highest BCUT2D eigenvalue weighted by Gasteiger charge is 2.25. The average Bonchev–Trinajstić information content (AvgIpc) is 2.48. The van der Waals surface area contributed by atoms with E-state index in [2.05, 4.69) is 0 Å². The molecule has 5 heteroatoms. The van der Waals surface area contributed by atoms with E-state index in [1.54, 1.807) is 23.9 Å². The van der Waals surface area contributed by atoms with Gasteiger partial charge in [-0.1, -0.05) is 6.07 Å². The first kappa shape index (κ1) is 15.4. The van der Waals surface area contributed by atoms with E-state index in [9.17, 15) is 9.59 Å². The molecular weight excluding hydrogens is 266 g/mol. The van der Waals surface area contributed by atoms with Crippen LogP contribution < -0.4 is 0 Å². The predicted octanol–water partition coefficient (Wildman–Crippen LogP) is 1.74. The molecule has 1 aliphatic heterocycles. The molecule has 1 fully saturated rings. The maximum absolute atomic E-state index is 12.5. The van der Waals surface area contributed by atoms with Crippen LogP contribution in [0.25, 0.3) is 0 Å². The van der Waals surface area contributed by atoms with Crippen molar-refractivity contribution in [3.8, 4) is 0 Å². The van der Waals surface area contributed by atoms with Crippen molar-refractivity contribution < 1.29 is 9.59 Å². The van der Waals surface area contributed by atoms with Crippen LogP contribution in [0, 0.1) is 13.8 Å². The molecule has 0 unspecified atom stereocenters. The molecule has 2 rings (SSSR count). The van der Waals surface area contributed by atoms with Crippen molar-refractivity contribution >= 4 is 11.9 Å². The Labute approximate surface area is 126 Å². The minimum atomic E-state index is 0.00767. The zero-order valence-corrected chi connectivity index (χ0v) is 13.2. The maximum Gasteiger partial charge on any atom is 0.319 e. The van der Waals surface area contributed by atoms with Crippen LogP contribution in [0.1, 0.15) is 21.5 Å². The summed E-state index contributed by atoms with van der Waals surface area (Å²) in [4.78, 5) is 29.5. The number of hydrogen-bond donors (Lipinski definition) is 0. The Bertz CT molecular complexity index is 546. The number of urea groups is 1. The van der Waals surface area contributed by atoms with Crippen LogP contribution in [0.2, 0.25) is 0 Å². The van der Waals surface area contributed by atoms with E-state index in [1.807, 2.05) is 36.9 Å². The highest BCUT2D eigenvalue weighted by molar-refractivity contribution is 5.94. The molecule has 0 spiro atoms. The Morgan fingerprint density at radius 2 is 1.52 bits per heavy atom. The topological polar surface area (TPSA) is 43.9 Å². The molecule has 1 aromatic rings. The second-order valence-electron chi connectivity index (χ2n) is 5.76. The molecule has 3 amide bonds. The Morgan fingerprint density at radius 3 is 2.05 bits per heavy atom. The standard InChI is InChI=1S/C16H23N3O2/c1-12-5-6-14(11-13(12)2)15(20)18-7-9-19(10-8-18)16(21)17(3)4/h5-6,11H,7-10H2,1-4H3. The van der Waals surface area contributed by atoms with E-state index in [0.29, 0.717) is 26.2 Å². The molecule has 0 aromatic heterocycles.